The zero-order valence-corrected chi connectivity index (χ0v) is 21.8. The van der Waals surface area contributed by atoms with Crippen molar-refractivity contribution in [2.24, 2.45) is 11.8 Å². The summed E-state index contributed by atoms with van der Waals surface area (Å²) in [7, 11) is 0. The maximum atomic E-state index is 4.45. The molecule has 0 saturated heterocycles. The van der Waals surface area contributed by atoms with Crippen LogP contribution in [0.2, 0.25) is 0 Å². The molecule has 0 nitrogen and oxygen atoms in total. The lowest BCUT2D eigenvalue weighted by Crippen LogP contribution is -2.24. The van der Waals surface area contributed by atoms with E-state index in [1.807, 2.05) is 0 Å². The fraction of sp³-hybridized carbons (Fsp3) is 0.412. The van der Waals surface area contributed by atoms with Gasteiger partial charge in [0.25, 0.3) is 0 Å². The third-order valence-electron chi connectivity index (χ3n) is 8.72. The number of allylic oxidation sites excluding steroid dienone is 6. The fourth-order valence-electron chi connectivity index (χ4n) is 7.01. The van der Waals surface area contributed by atoms with E-state index < -0.39 is 0 Å². The Bertz CT molecular complexity index is 1230. The third-order valence-corrected chi connectivity index (χ3v) is 8.72. The van der Waals surface area contributed by atoms with Crippen LogP contribution in [0, 0.1) is 11.8 Å². The highest BCUT2D eigenvalue weighted by atomic mass is 14.5. The molecule has 0 aliphatic heterocycles. The molecule has 0 radical (unpaired) electrons. The van der Waals surface area contributed by atoms with Crippen molar-refractivity contribution in [3.05, 3.63) is 110 Å². The minimum Gasteiger partial charge on any atom is -0.0958 e. The average molecular weight is 449 g/mol. The van der Waals surface area contributed by atoms with Gasteiger partial charge in [0, 0.05) is 5.92 Å². The van der Waals surface area contributed by atoms with Gasteiger partial charge >= 0.3 is 0 Å². The van der Waals surface area contributed by atoms with Crippen LogP contribution < -0.4 is 0 Å². The quantitative estimate of drug-likeness (QED) is 0.428. The van der Waals surface area contributed by atoms with E-state index in [9.17, 15) is 0 Å². The fourth-order valence-corrected chi connectivity index (χ4v) is 7.01. The molecule has 3 atom stereocenters. The second-order valence-corrected chi connectivity index (χ2v) is 10.9. The summed E-state index contributed by atoms with van der Waals surface area (Å²) in [6.07, 6.45) is 12.1. The van der Waals surface area contributed by atoms with Crippen molar-refractivity contribution in [1.82, 2.24) is 0 Å². The van der Waals surface area contributed by atoms with Crippen LogP contribution in [0.3, 0.4) is 0 Å². The molecule has 176 valence electrons. The Morgan fingerprint density at radius 3 is 2.56 bits per heavy atom. The number of fused-ring (bicyclic) bond motifs is 2. The molecule has 3 aliphatic carbocycles. The van der Waals surface area contributed by atoms with Gasteiger partial charge in [-0.1, -0.05) is 92.6 Å². The number of hydrogen-bond donors (Lipinski definition) is 0. The van der Waals surface area contributed by atoms with E-state index in [1.165, 1.54) is 58.2 Å². The summed E-state index contributed by atoms with van der Waals surface area (Å²) in [6, 6.07) is 14.4. The van der Waals surface area contributed by atoms with Crippen molar-refractivity contribution >= 4 is 6.08 Å². The summed E-state index contributed by atoms with van der Waals surface area (Å²) < 4.78 is 0. The summed E-state index contributed by atoms with van der Waals surface area (Å²) in [6.45, 7) is 16.0. The van der Waals surface area contributed by atoms with Crippen molar-refractivity contribution in [3.8, 4) is 0 Å². The lowest BCUT2D eigenvalue weighted by Gasteiger charge is -2.36. The van der Waals surface area contributed by atoms with E-state index in [2.05, 4.69) is 89.7 Å². The van der Waals surface area contributed by atoms with Crippen molar-refractivity contribution in [2.75, 3.05) is 0 Å². The highest BCUT2D eigenvalue weighted by molar-refractivity contribution is 5.62. The monoisotopic (exact) mass is 448 g/mol. The molecule has 3 aliphatic rings. The number of rotatable bonds is 5. The average Bonchev–Trinajstić information content (AvgIpc) is 3.41. The van der Waals surface area contributed by atoms with Gasteiger partial charge in [-0.05, 0) is 109 Å². The molecule has 2 aromatic carbocycles. The van der Waals surface area contributed by atoms with E-state index in [4.69, 9.17) is 0 Å². The van der Waals surface area contributed by atoms with Crippen LogP contribution in [-0.2, 0) is 25.7 Å². The van der Waals surface area contributed by atoms with Gasteiger partial charge < -0.3 is 0 Å². The van der Waals surface area contributed by atoms with E-state index in [1.54, 1.807) is 22.3 Å². The molecule has 0 amide bonds. The molecule has 0 bridgehead atoms. The zero-order valence-electron chi connectivity index (χ0n) is 21.8. The Labute approximate surface area is 207 Å². The van der Waals surface area contributed by atoms with Gasteiger partial charge in [0.15, 0.2) is 0 Å². The lowest BCUT2D eigenvalue weighted by atomic mass is 9.67. The van der Waals surface area contributed by atoms with Crippen LogP contribution in [0.25, 0.3) is 6.08 Å². The van der Waals surface area contributed by atoms with E-state index in [-0.39, 0.29) is 0 Å². The SMILES string of the molecule is C=C(C)C1=C(C)C=C2C/C(=C\c3ccc4c(c3)CCC4)C(C)C2C1c1ccc(CC)cc1CC. The van der Waals surface area contributed by atoms with Crippen molar-refractivity contribution in [1.29, 1.82) is 0 Å². The number of aryl methyl sites for hydroxylation is 4. The standard InChI is InChI=1S/C34H40/c1-7-24-13-15-31(26(8-2)17-24)34-32(21(3)4)22(5)16-30-20-29(23(6)33(30)34)19-25-12-14-27-10-9-11-28(27)18-25/h12-19,23,33-34H,3,7-11,20H2,1-2,4-6H3/b29-19+. The van der Waals surface area contributed by atoms with Crippen LogP contribution >= 0.6 is 0 Å². The van der Waals surface area contributed by atoms with Crippen LogP contribution in [0.1, 0.15) is 86.8 Å². The Hall–Kier alpha value is -2.60. The van der Waals surface area contributed by atoms with Crippen LogP contribution in [0.5, 0.6) is 0 Å². The Morgan fingerprint density at radius 2 is 1.82 bits per heavy atom. The molecular weight excluding hydrogens is 408 g/mol. The van der Waals surface area contributed by atoms with Gasteiger partial charge in [-0.25, -0.2) is 0 Å². The Balaban J connectivity index is 1.58. The van der Waals surface area contributed by atoms with E-state index >= 15 is 0 Å². The summed E-state index contributed by atoms with van der Waals surface area (Å²) in [5.74, 6) is 1.45. The molecule has 1 fully saturated rings. The molecule has 5 rings (SSSR count). The molecule has 34 heavy (non-hydrogen) atoms. The normalized spacial score (nSPS) is 24.9. The molecule has 0 heteroatoms. The highest BCUT2D eigenvalue weighted by Gasteiger charge is 2.43. The summed E-state index contributed by atoms with van der Waals surface area (Å²) in [5.41, 5.74) is 16.3. The Kier molecular flexibility index (Phi) is 6.28. The van der Waals surface area contributed by atoms with Gasteiger partial charge in [0.1, 0.15) is 0 Å². The predicted molar refractivity (Wildman–Crippen MR) is 147 cm³/mol. The largest absolute Gasteiger partial charge is 0.0958 e. The van der Waals surface area contributed by atoms with Gasteiger partial charge in [0.2, 0.25) is 0 Å². The lowest BCUT2D eigenvalue weighted by molar-refractivity contribution is 0.448. The first-order valence-electron chi connectivity index (χ1n) is 13.4. The van der Waals surface area contributed by atoms with E-state index in [0.717, 1.165) is 19.3 Å². The smallest absolute Gasteiger partial charge is 0.0168 e. The Morgan fingerprint density at radius 1 is 1.03 bits per heavy atom. The minimum atomic E-state index is 0.402. The molecule has 2 aromatic rings. The van der Waals surface area contributed by atoms with Gasteiger partial charge in [0.05, 0.1) is 0 Å². The number of benzene rings is 2. The van der Waals surface area contributed by atoms with Crippen molar-refractivity contribution in [3.63, 3.8) is 0 Å². The third kappa shape index (κ3) is 3.96. The molecular formula is C34H40. The topological polar surface area (TPSA) is 0 Å². The van der Waals surface area contributed by atoms with Crippen molar-refractivity contribution < 1.29 is 0 Å². The first-order valence-corrected chi connectivity index (χ1v) is 13.4. The molecule has 0 heterocycles. The summed E-state index contributed by atoms with van der Waals surface area (Å²) >= 11 is 0. The van der Waals surface area contributed by atoms with Crippen LogP contribution in [-0.4, -0.2) is 0 Å². The van der Waals surface area contributed by atoms with Crippen LogP contribution in [0.4, 0.5) is 0 Å². The maximum Gasteiger partial charge on any atom is 0.0168 e. The van der Waals surface area contributed by atoms with Gasteiger partial charge in [-0.2, -0.15) is 0 Å². The molecule has 1 saturated carbocycles. The second-order valence-electron chi connectivity index (χ2n) is 10.9. The summed E-state index contributed by atoms with van der Waals surface area (Å²) in [4.78, 5) is 0. The minimum absolute atomic E-state index is 0.402. The predicted octanol–water partition coefficient (Wildman–Crippen LogP) is 8.96. The first-order chi connectivity index (χ1) is 16.4. The maximum absolute atomic E-state index is 4.45. The van der Waals surface area contributed by atoms with Crippen LogP contribution in [0.15, 0.2) is 76.9 Å². The second kappa shape index (κ2) is 9.21. The summed E-state index contributed by atoms with van der Waals surface area (Å²) in [5, 5.41) is 0. The molecule has 0 spiro atoms. The molecule has 3 unspecified atom stereocenters. The van der Waals surface area contributed by atoms with Crippen molar-refractivity contribution in [2.45, 2.75) is 79.1 Å². The van der Waals surface area contributed by atoms with Gasteiger partial charge in [-0.3, -0.25) is 0 Å². The molecule has 0 N–H and O–H groups in total. The van der Waals surface area contributed by atoms with Gasteiger partial charge in [-0.15, -0.1) is 0 Å². The first kappa shape index (κ1) is 23.2. The highest BCUT2D eigenvalue weighted by Crippen LogP contribution is 2.55. The molecule has 0 aromatic heterocycles. The van der Waals surface area contributed by atoms with E-state index in [0.29, 0.717) is 17.8 Å². The zero-order chi connectivity index (χ0) is 24.0. The number of hydrogen-bond acceptors (Lipinski definition) is 0.